The van der Waals surface area contributed by atoms with Crippen molar-refractivity contribution in [2.75, 3.05) is 18.1 Å². The molecule has 2 aromatic heterocycles. The van der Waals surface area contributed by atoms with Crippen molar-refractivity contribution in [3.8, 4) is 0 Å². The van der Waals surface area contributed by atoms with Crippen molar-refractivity contribution in [3.05, 3.63) is 66.0 Å². The van der Waals surface area contributed by atoms with Gasteiger partial charge in [0, 0.05) is 31.2 Å². The highest BCUT2D eigenvalue weighted by Gasteiger charge is 2.13. The predicted molar refractivity (Wildman–Crippen MR) is 90.2 cm³/mol. The van der Waals surface area contributed by atoms with Gasteiger partial charge in [-0.15, -0.1) is 10.2 Å². The minimum absolute atomic E-state index is 0.257. The van der Waals surface area contributed by atoms with Gasteiger partial charge < -0.3 is 9.64 Å². The molecule has 3 rings (SSSR count). The summed E-state index contributed by atoms with van der Waals surface area (Å²) in [4.78, 5) is 6.25. The molecule has 0 fully saturated rings. The lowest BCUT2D eigenvalue weighted by Crippen LogP contribution is -2.27. The summed E-state index contributed by atoms with van der Waals surface area (Å²) < 4.78 is 19.0. The molecule has 7 nitrogen and oxygen atoms in total. The first-order valence-corrected chi connectivity index (χ1v) is 7.97. The molecule has 25 heavy (non-hydrogen) atoms. The molecule has 0 bridgehead atoms. The summed E-state index contributed by atoms with van der Waals surface area (Å²) in [7, 11) is 0. The van der Waals surface area contributed by atoms with E-state index in [9.17, 15) is 4.39 Å². The van der Waals surface area contributed by atoms with Crippen LogP contribution in [0.4, 0.5) is 10.1 Å². The minimum atomic E-state index is -0.257. The Bertz CT molecular complexity index is 751. The van der Waals surface area contributed by atoms with E-state index in [1.807, 2.05) is 25.3 Å². The molecule has 1 N–H and O–H groups in total. The number of pyridine rings is 1. The number of halogens is 1. The van der Waals surface area contributed by atoms with Crippen molar-refractivity contribution < 1.29 is 9.13 Å². The van der Waals surface area contributed by atoms with E-state index < -0.39 is 0 Å². The highest BCUT2D eigenvalue weighted by molar-refractivity contribution is 5.46. The van der Waals surface area contributed by atoms with Crippen molar-refractivity contribution in [3.63, 3.8) is 0 Å². The zero-order valence-electron chi connectivity index (χ0n) is 13.8. The van der Waals surface area contributed by atoms with E-state index in [1.165, 1.54) is 12.1 Å². The van der Waals surface area contributed by atoms with Gasteiger partial charge in [0.25, 0.3) is 0 Å². The predicted octanol–water partition coefficient (Wildman–Crippen LogP) is 2.52. The lowest BCUT2D eigenvalue weighted by atomic mass is 10.2. The second-order valence-electron chi connectivity index (χ2n) is 5.54. The second kappa shape index (κ2) is 8.29. The average Bonchev–Trinajstić information content (AvgIpc) is 3.17. The summed E-state index contributed by atoms with van der Waals surface area (Å²) in [5, 5.41) is 13.8. The molecule has 0 spiro atoms. The van der Waals surface area contributed by atoms with Gasteiger partial charge in [0.1, 0.15) is 11.9 Å². The van der Waals surface area contributed by atoms with Crippen LogP contribution in [0.15, 0.2) is 48.8 Å². The Morgan fingerprint density at radius 2 is 2.08 bits per heavy atom. The summed E-state index contributed by atoms with van der Waals surface area (Å²) in [6.07, 6.45) is 3.30. The first-order valence-electron chi connectivity index (χ1n) is 7.97. The lowest BCUT2D eigenvalue weighted by molar-refractivity contribution is 0.0646. The van der Waals surface area contributed by atoms with Crippen LogP contribution in [0, 0.1) is 5.82 Å². The van der Waals surface area contributed by atoms with Gasteiger partial charge in [0.15, 0.2) is 0 Å². The number of anilines is 1. The number of rotatable bonds is 8. The molecule has 0 radical (unpaired) electrons. The Labute approximate surface area is 144 Å². The summed E-state index contributed by atoms with van der Waals surface area (Å²) in [5.74, 6) is 0.257. The maximum absolute atomic E-state index is 13.2. The van der Waals surface area contributed by atoms with Crippen LogP contribution in [-0.2, 0) is 11.3 Å². The first-order chi connectivity index (χ1) is 12.2. The molecule has 3 aromatic rings. The Morgan fingerprint density at radius 1 is 1.24 bits per heavy atom. The number of benzene rings is 1. The highest BCUT2D eigenvalue weighted by atomic mass is 19.1. The Balaban J connectivity index is 1.64. The molecule has 130 valence electrons. The number of nitrogens with zero attached hydrogens (tertiary/aromatic N) is 5. The van der Waals surface area contributed by atoms with Crippen LogP contribution in [0.5, 0.6) is 0 Å². The summed E-state index contributed by atoms with van der Waals surface area (Å²) >= 11 is 0. The molecule has 0 aliphatic carbocycles. The topological polar surface area (TPSA) is 79.8 Å². The van der Waals surface area contributed by atoms with Crippen LogP contribution >= 0.6 is 0 Å². The van der Waals surface area contributed by atoms with Gasteiger partial charge >= 0.3 is 0 Å². The van der Waals surface area contributed by atoms with E-state index in [2.05, 4.69) is 30.5 Å². The Kier molecular flexibility index (Phi) is 5.63. The minimum Gasteiger partial charge on any atom is -0.369 e. The van der Waals surface area contributed by atoms with Crippen molar-refractivity contribution in [2.24, 2.45) is 0 Å². The fourth-order valence-electron chi connectivity index (χ4n) is 2.42. The summed E-state index contributed by atoms with van der Waals surface area (Å²) in [6.45, 7) is 3.61. The number of nitrogens with one attached hydrogen (secondary N) is 1. The van der Waals surface area contributed by atoms with Gasteiger partial charge in [0.2, 0.25) is 5.82 Å². The molecule has 8 heteroatoms. The molecular formula is C17H19FN6O. The van der Waals surface area contributed by atoms with Crippen LogP contribution in [0.25, 0.3) is 0 Å². The standard InChI is InChI=1S/C17H19FN6O/c1-13(17-20-22-23-21-17)25-10-9-24(12-14-3-2-8-19-11-14)16-6-4-15(18)5-7-16/h2-8,11,13H,9-10,12H2,1H3,(H,20,21,22,23). The monoisotopic (exact) mass is 342 g/mol. The van der Waals surface area contributed by atoms with Crippen molar-refractivity contribution in [1.82, 2.24) is 25.6 Å². The van der Waals surface area contributed by atoms with Gasteiger partial charge in [-0.25, -0.2) is 4.39 Å². The van der Waals surface area contributed by atoms with E-state index >= 15 is 0 Å². The Morgan fingerprint density at radius 3 is 2.76 bits per heavy atom. The maximum atomic E-state index is 13.2. The van der Waals surface area contributed by atoms with Crippen LogP contribution in [0.2, 0.25) is 0 Å². The zero-order valence-corrected chi connectivity index (χ0v) is 13.8. The number of H-pyrrole nitrogens is 1. The number of aromatic nitrogens is 5. The van der Waals surface area contributed by atoms with Gasteiger partial charge in [-0.1, -0.05) is 11.3 Å². The lowest BCUT2D eigenvalue weighted by Gasteiger charge is -2.25. The number of hydrogen-bond acceptors (Lipinski definition) is 6. The van der Waals surface area contributed by atoms with Crippen LogP contribution in [0.1, 0.15) is 24.4 Å². The Hall–Kier alpha value is -2.87. The van der Waals surface area contributed by atoms with Gasteiger partial charge in [-0.2, -0.15) is 5.21 Å². The first kappa shape index (κ1) is 17.0. The third kappa shape index (κ3) is 4.80. The molecular weight excluding hydrogens is 323 g/mol. The molecule has 2 heterocycles. The SMILES string of the molecule is CC(OCCN(Cc1cccnc1)c1ccc(F)cc1)c1nn[nH]n1. The largest absolute Gasteiger partial charge is 0.369 e. The van der Waals surface area contributed by atoms with Crippen molar-refractivity contribution >= 4 is 5.69 Å². The van der Waals surface area contributed by atoms with Gasteiger partial charge in [-0.05, 0) is 42.8 Å². The maximum Gasteiger partial charge on any atom is 0.202 e. The normalized spacial score (nSPS) is 12.1. The van der Waals surface area contributed by atoms with Crippen LogP contribution < -0.4 is 4.90 Å². The number of hydrogen-bond donors (Lipinski definition) is 1. The van der Waals surface area contributed by atoms with E-state index in [0.717, 1.165) is 11.3 Å². The molecule has 0 aliphatic heterocycles. The molecule has 1 aromatic carbocycles. The smallest absolute Gasteiger partial charge is 0.202 e. The van der Waals surface area contributed by atoms with Crippen molar-refractivity contribution in [1.29, 1.82) is 0 Å². The second-order valence-corrected chi connectivity index (χ2v) is 5.54. The molecule has 0 saturated carbocycles. The number of aromatic amines is 1. The summed E-state index contributed by atoms with van der Waals surface area (Å²) in [6, 6.07) is 10.3. The summed E-state index contributed by atoms with van der Waals surface area (Å²) in [5.41, 5.74) is 1.99. The molecule has 1 unspecified atom stereocenters. The van der Waals surface area contributed by atoms with Gasteiger partial charge in [-0.3, -0.25) is 4.98 Å². The number of tetrazole rings is 1. The third-order valence-corrected chi connectivity index (χ3v) is 3.74. The van der Waals surface area contributed by atoms with E-state index in [1.54, 1.807) is 18.3 Å². The molecule has 0 amide bonds. The van der Waals surface area contributed by atoms with Crippen molar-refractivity contribution in [2.45, 2.75) is 19.6 Å². The molecule has 0 saturated heterocycles. The number of ether oxygens (including phenoxy) is 1. The highest BCUT2D eigenvalue weighted by Crippen LogP contribution is 2.18. The van der Waals surface area contributed by atoms with E-state index in [4.69, 9.17) is 4.74 Å². The van der Waals surface area contributed by atoms with Crippen LogP contribution in [-0.4, -0.2) is 38.8 Å². The molecule has 0 aliphatic rings. The van der Waals surface area contributed by atoms with Gasteiger partial charge in [0.05, 0.1) is 6.61 Å². The van der Waals surface area contributed by atoms with Crippen LogP contribution in [0.3, 0.4) is 0 Å². The fraction of sp³-hybridized carbons (Fsp3) is 0.294. The third-order valence-electron chi connectivity index (χ3n) is 3.74. The quantitative estimate of drug-likeness (QED) is 0.677. The van der Waals surface area contributed by atoms with E-state index in [-0.39, 0.29) is 11.9 Å². The van der Waals surface area contributed by atoms with E-state index in [0.29, 0.717) is 25.5 Å². The fourth-order valence-corrected chi connectivity index (χ4v) is 2.42. The zero-order chi connectivity index (χ0) is 17.5. The average molecular weight is 342 g/mol. The molecule has 1 atom stereocenters.